The van der Waals surface area contributed by atoms with Gasteiger partial charge in [0.25, 0.3) is 5.56 Å². The smallest absolute Gasteiger partial charge is 0.251 e. The van der Waals surface area contributed by atoms with Crippen LogP contribution in [-0.2, 0) is 0 Å². The number of methoxy groups -OCH3 is 1. The molecule has 0 unspecified atom stereocenters. The van der Waals surface area contributed by atoms with Gasteiger partial charge in [-0.15, -0.1) is 0 Å². The highest BCUT2D eigenvalue weighted by molar-refractivity contribution is 6.05. The van der Waals surface area contributed by atoms with Crippen molar-refractivity contribution >= 4 is 16.6 Å². The van der Waals surface area contributed by atoms with Gasteiger partial charge in [-0.1, -0.05) is 18.2 Å². The van der Waals surface area contributed by atoms with Crippen LogP contribution in [0, 0.1) is 5.82 Å². The first-order chi connectivity index (χ1) is 14.2. The van der Waals surface area contributed by atoms with Crippen LogP contribution in [0.4, 0.5) is 4.39 Å². The van der Waals surface area contributed by atoms with Crippen LogP contribution in [0.2, 0.25) is 0 Å². The molecule has 1 fully saturated rings. The van der Waals surface area contributed by atoms with Gasteiger partial charge in [0, 0.05) is 17.5 Å². The summed E-state index contributed by atoms with van der Waals surface area (Å²) < 4.78 is 22.1. The largest absolute Gasteiger partial charge is 0.496 e. The fraction of sp³-hybridized carbons (Fsp3) is 0.273. The Hall–Kier alpha value is -3.19. The third-order valence-electron chi connectivity index (χ3n) is 5.69. The summed E-state index contributed by atoms with van der Waals surface area (Å²) >= 11 is 0. The van der Waals surface area contributed by atoms with Crippen LogP contribution >= 0.6 is 0 Å². The Morgan fingerprint density at radius 3 is 2.76 bits per heavy atom. The molecule has 148 valence electrons. The summed E-state index contributed by atoms with van der Waals surface area (Å²) in [7, 11) is 1.52. The van der Waals surface area contributed by atoms with E-state index in [9.17, 15) is 9.18 Å². The van der Waals surface area contributed by atoms with E-state index in [1.54, 1.807) is 18.2 Å². The first kappa shape index (κ1) is 17.9. The van der Waals surface area contributed by atoms with Crippen molar-refractivity contribution in [2.45, 2.75) is 18.8 Å². The Morgan fingerprint density at radius 1 is 1.17 bits per heavy atom. The van der Waals surface area contributed by atoms with Gasteiger partial charge in [0.2, 0.25) is 0 Å². The number of hydrogen-bond donors (Lipinski definition) is 2. The van der Waals surface area contributed by atoms with Crippen LogP contribution < -0.4 is 15.6 Å². The minimum atomic E-state index is -0.381. The molecule has 7 heteroatoms. The predicted molar refractivity (Wildman–Crippen MR) is 110 cm³/mol. The lowest BCUT2D eigenvalue weighted by molar-refractivity contribution is 0.413. The maximum absolute atomic E-state index is 14.8. The Kier molecular flexibility index (Phi) is 4.32. The average Bonchev–Trinajstić information content (AvgIpc) is 3.12. The number of ether oxygens (including phenoxy) is 1. The van der Waals surface area contributed by atoms with Crippen LogP contribution in [0.5, 0.6) is 5.75 Å². The van der Waals surface area contributed by atoms with E-state index >= 15 is 0 Å². The fourth-order valence-electron chi connectivity index (χ4n) is 4.34. The first-order valence-electron chi connectivity index (χ1n) is 9.75. The minimum absolute atomic E-state index is 0.178. The third kappa shape index (κ3) is 2.89. The average molecular weight is 392 g/mol. The number of halogens is 1. The number of fused-ring (bicyclic) bond motifs is 3. The van der Waals surface area contributed by atoms with Gasteiger partial charge in [-0.2, -0.15) is 5.10 Å². The first-order valence-corrected chi connectivity index (χ1v) is 9.75. The van der Waals surface area contributed by atoms with Crippen molar-refractivity contribution in [3.8, 4) is 16.9 Å². The summed E-state index contributed by atoms with van der Waals surface area (Å²) in [5.41, 5.74) is 3.01. The van der Waals surface area contributed by atoms with E-state index in [1.165, 1.54) is 13.2 Å². The molecule has 4 aromatic rings. The molecule has 0 amide bonds. The van der Waals surface area contributed by atoms with Crippen LogP contribution in [0.15, 0.2) is 47.3 Å². The molecule has 0 bridgehead atoms. The van der Waals surface area contributed by atoms with Gasteiger partial charge < -0.3 is 15.0 Å². The van der Waals surface area contributed by atoms with Gasteiger partial charge in [0.1, 0.15) is 17.2 Å². The monoisotopic (exact) mass is 392 g/mol. The molecule has 0 spiro atoms. The van der Waals surface area contributed by atoms with Crippen LogP contribution in [0.3, 0.4) is 0 Å². The second-order valence-corrected chi connectivity index (χ2v) is 7.36. The SMILES string of the molecule is COc1cccc(F)c1-c1cccc2nn3c(C4CCNCC4)cc(=O)[nH]c3c12. The third-order valence-corrected chi connectivity index (χ3v) is 5.69. The number of benzene rings is 2. The van der Waals surface area contributed by atoms with E-state index < -0.39 is 0 Å². The number of hydrogen-bond acceptors (Lipinski definition) is 4. The van der Waals surface area contributed by atoms with E-state index in [-0.39, 0.29) is 17.3 Å². The molecule has 29 heavy (non-hydrogen) atoms. The highest BCUT2D eigenvalue weighted by Crippen LogP contribution is 2.38. The minimum Gasteiger partial charge on any atom is -0.496 e. The van der Waals surface area contributed by atoms with Crippen molar-refractivity contribution in [2.75, 3.05) is 20.2 Å². The van der Waals surface area contributed by atoms with Crippen molar-refractivity contribution in [1.29, 1.82) is 0 Å². The zero-order valence-corrected chi connectivity index (χ0v) is 16.0. The summed E-state index contributed by atoms with van der Waals surface area (Å²) in [6.07, 6.45) is 1.89. The molecule has 1 saturated heterocycles. The van der Waals surface area contributed by atoms with Gasteiger partial charge in [-0.05, 0) is 44.1 Å². The van der Waals surface area contributed by atoms with E-state index in [1.807, 2.05) is 22.7 Å². The van der Waals surface area contributed by atoms with Gasteiger partial charge in [0.05, 0.1) is 29.3 Å². The number of nitrogens with one attached hydrogen (secondary N) is 2. The van der Waals surface area contributed by atoms with Crippen molar-refractivity contribution in [3.63, 3.8) is 0 Å². The lowest BCUT2D eigenvalue weighted by atomic mass is 9.94. The number of rotatable bonds is 3. The Balaban J connectivity index is 1.84. The summed E-state index contributed by atoms with van der Waals surface area (Å²) in [4.78, 5) is 15.4. The Morgan fingerprint density at radius 2 is 1.97 bits per heavy atom. The molecular formula is C22H21FN4O2. The quantitative estimate of drug-likeness (QED) is 0.560. The maximum atomic E-state index is 14.8. The number of aromatic nitrogens is 3. The molecule has 0 radical (unpaired) electrons. The zero-order chi connectivity index (χ0) is 20.0. The number of piperidine rings is 1. The second-order valence-electron chi connectivity index (χ2n) is 7.36. The standard InChI is InChI=1S/C22H21FN4O2/c1-29-18-7-3-5-15(23)20(18)14-4-2-6-16-21(14)22-25-19(28)12-17(27(22)26-16)13-8-10-24-11-9-13/h2-7,12-13,24H,8-11H2,1H3,(H,25,28). The van der Waals surface area contributed by atoms with E-state index in [0.717, 1.165) is 31.6 Å². The molecule has 2 N–H and O–H groups in total. The second kappa shape index (κ2) is 7.00. The van der Waals surface area contributed by atoms with Gasteiger partial charge in [-0.3, -0.25) is 4.79 Å². The number of H-pyrrole nitrogens is 1. The van der Waals surface area contributed by atoms with Gasteiger partial charge >= 0.3 is 0 Å². The van der Waals surface area contributed by atoms with Gasteiger partial charge in [-0.25, -0.2) is 8.91 Å². The van der Waals surface area contributed by atoms with Crippen molar-refractivity contribution < 1.29 is 9.13 Å². The Bertz CT molecular complexity index is 1270. The highest BCUT2D eigenvalue weighted by atomic mass is 19.1. The molecular weight excluding hydrogens is 371 g/mol. The maximum Gasteiger partial charge on any atom is 0.251 e. The molecule has 1 aliphatic heterocycles. The van der Waals surface area contributed by atoms with Gasteiger partial charge in [0.15, 0.2) is 0 Å². The van der Waals surface area contributed by atoms with E-state index in [0.29, 0.717) is 33.4 Å². The lowest BCUT2D eigenvalue weighted by Crippen LogP contribution is -2.28. The number of aromatic amines is 1. The molecule has 0 atom stereocenters. The summed E-state index contributed by atoms with van der Waals surface area (Å²) in [6, 6.07) is 11.9. The molecule has 2 aromatic heterocycles. The van der Waals surface area contributed by atoms with Crippen LogP contribution in [0.25, 0.3) is 27.7 Å². The summed E-state index contributed by atoms with van der Waals surface area (Å²) in [6.45, 7) is 1.83. The van der Waals surface area contributed by atoms with Crippen LogP contribution in [0.1, 0.15) is 24.5 Å². The van der Waals surface area contributed by atoms with E-state index in [2.05, 4.69) is 10.3 Å². The summed E-state index contributed by atoms with van der Waals surface area (Å²) in [5.74, 6) is 0.309. The normalized spacial score (nSPS) is 15.2. The van der Waals surface area contributed by atoms with Crippen molar-refractivity contribution in [2.24, 2.45) is 0 Å². The Labute approximate surface area is 166 Å². The van der Waals surface area contributed by atoms with Crippen LogP contribution in [-0.4, -0.2) is 34.8 Å². The molecule has 0 saturated carbocycles. The lowest BCUT2D eigenvalue weighted by Gasteiger charge is -2.23. The highest BCUT2D eigenvalue weighted by Gasteiger charge is 2.23. The van der Waals surface area contributed by atoms with Crippen molar-refractivity contribution in [1.82, 2.24) is 19.9 Å². The topological polar surface area (TPSA) is 71.4 Å². The summed E-state index contributed by atoms with van der Waals surface area (Å²) in [5, 5.41) is 8.83. The molecule has 0 aliphatic carbocycles. The molecule has 5 rings (SSSR count). The zero-order valence-electron chi connectivity index (χ0n) is 16.0. The number of nitrogens with zero attached hydrogens (tertiary/aromatic N) is 2. The molecule has 3 heterocycles. The molecule has 1 aliphatic rings. The fourth-order valence-corrected chi connectivity index (χ4v) is 4.34. The predicted octanol–water partition coefficient (Wildman–Crippen LogP) is 3.46. The van der Waals surface area contributed by atoms with Crippen molar-refractivity contribution in [3.05, 3.63) is 64.3 Å². The molecule has 6 nitrogen and oxygen atoms in total. The van der Waals surface area contributed by atoms with E-state index in [4.69, 9.17) is 9.84 Å². The molecule has 2 aromatic carbocycles.